The van der Waals surface area contributed by atoms with Crippen molar-refractivity contribution >= 4 is 8.56 Å². The van der Waals surface area contributed by atoms with E-state index in [2.05, 4.69) is 0 Å². The summed E-state index contributed by atoms with van der Waals surface area (Å²) in [6.07, 6.45) is 0. The molecular formula is C3H13N3Si. The summed E-state index contributed by atoms with van der Waals surface area (Å²) in [5, 5.41) is 16.1. The van der Waals surface area contributed by atoms with Gasteiger partial charge in [-0.05, 0) is 5.54 Å². The first-order valence-electron chi connectivity index (χ1n) is 2.31. The van der Waals surface area contributed by atoms with Gasteiger partial charge in [0.15, 0.2) is 0 Å². The fourth-order valence-corrected chi connectivity index (χ4v) is 0. The van der Waals surface area contributed by atoms with Crippen molar-refractivity contribution in [2.24, 2.45) is 16.2 Å². The van der Waals surface area contributed by atoms with E-state index in [1.165, 1.54) is 0 Å². The molecule has 0 saturated heterocycles. The lowest BCUT2D eigenvalue weighted by molar-refractivity contribution is 0.976. The third kappa shape index (κ3) is 2.75. The molecule has 0 radical (unpaired) electrons. The third-order valence-electron chi connectivity index (χ3n) is 1.00. The average Bonchev–Trinajstić information content (AvgIpc) is 1.31. The second kappa shape index (κ2) is 1.91. The molecule has 0 aromatic rings. The molecular weight excluding hydrogens is 106 g/mol. The van der Waals surface area contributed by atoms with E-state index in [1.54, 1.807) is 0 Å². The van der Waals surface area contributed by atoms with Gasteiger partial charge in [-0.2, -0.15) is 0 Å². The topological polar surface area (TPSA) is 78.1 Å². The Morgan fingerprint density at radius 1 is 1.14 bits per heavy atom. The molecule has 0 aliphatic carbocycles. The van der Waals surface area contributed by atoms with Crippen molar-refractivity contribution in [3.8, 4) is 0 Å². The predicted octanol–water partition coefficient (Wildman–Crippen LogP) is -0.789. The SMILES string of the molecule is CC(C)[Si](N)(N)N. The zero-order chi connectivity index (χ0) is 6.08. The van der Waals surface area contributed by atoms with E-state index in [4.69, 9.17) is 16.2 Å². The molecule has 6 N–H and O–H groups in total. The van der Waals surface area contributed by atoms with E-state index in [1.807, 2.05) is 13.8 Å². The van der Waals surface area contributed by atoms with Gasteiger partial charge in [0.1, 0.15) is 0 Å². The van der Waals surface area contributed by atoms with Crippen molar-refractivity contribution in [1.29, 1.82) is 0 Å². The molecule has 0 fully saturated rings. The Morgan fingerprint density at radius 3 is 1.29 bits per heavy atom. The molecule has 4 heteroatoms. The number of hydrogen-bond donors (Lipinski definition) is 3. The Balaban J connectivity index is 3.54. The van der Waals surface area contributed by atoms with Crippen LogP contribution in [0, 0.1) is 0 Å². The van der Waals surface area contributed by atoms with Crippen LogP contribution in [-0.2, 0) is 0 Å². The van der Waals surface area contributed by atoms with E-state index in [0.29, 0.717) is 0 Å². The van der Waals surface area contributed by atoms with Gasteiger partial charge in [-0.3, -0.25) is 0 Å². The fraction of sp³-hybridized carbons (Fsp3) is 1.00. The predicted molar refractivity (Wildman–Crippen MR) is 33.4 cm³/mol. The van der Waals surface area contributed by atoms with Crippen LogP contribution in [-0.4, -0.2) is 8.56 Å². The highest BCUT2D eigenvalue weighted by Crippen LogP contribution is 2.01. The Morgan fingerprint density at radius 2 is 1.29 bits per heavy atom. The lowest BCUT2D eigenvalue weighted by Gasteiger charge is -2.17. The van der Waals surface area contributed by atoms with Gasteiger partial charge in [0, 0.05) is 0 Å². The van der Waals surface area contributed by atoms with Crippen LogP contribution in [0.4, 0.5) is 0 Å². The number of nitrogens with two attached hydrogens (primary N) is 3. The lowest BCUT2D eigenvalue weighted by Crippen LogP contribution is -2.66. The first-order valence-corrected chi connectivity index (χ1v) is 4.62. The van der Waals surface area contributed by atoms with Crippen LogP contribution in [0.1, 0.15) is 13.8 Å². The summed E-state index contributed by atoms with van der Waals surface area (Å²) in [6.45, 7) is 3.87. The minimum Gasteiger partial charge on any atom is -0.327 e. The summed E-state index contributed by atoms with van der Waals surface area (Å²) in [5.41, 5.74) is 0.271. The van der Waals surface area contributed by atoms with Crippen LogP contribution < -0.4 is 16.2 Å². The van der Waals surface area contributed by atoms with Crippen molar-refractivity contribution in [2.75, 3.05) is 0 Å². The van der Waals surface area contributed by atoms with E-state index >= 15 is 0 Å². The summed E-state index contributed by atoms with van der Waals surface area (Å²) in [6, 6.07) is 0. The maximum atomic E-state index is 5.37. The van der Waals surface area contributed by atoms with Crippen LogP contribution in [0.2, 0.25) is 5.54 Å². The minimum absolute atomic E-state index is 0.271. The Labute approximate surface area is 45.1 Å². The summed E-state index contributed by atoms with van der Waals surface area (Å²) in [4.78, 5) is 0. The molecule has 0 atom stereocenters. The smallest absolute Gasteiger partial charge is 0.275 e. The van der Waals surface area contributed by atoms with Gasteiger partial charge in [-0.1, -0.05) is 13.8 Å². The van der Waals surface area contributed by atoms with Gasteiger partial charge in [0.2, 0.25) is 0 Å². The van der Waals surface area contributed by atoms with Crippen molar-refractivity contribution < 1.29 is 0 Å². The molecule has 0 aliphatic heterocycles. The van der Waals surface area contributed by atoms with E-state index in [-0.39, 0.29) is 5.54 Å². The third-order valence-corrected chi connectivity index (χ3v) is 3.00. The van der Waals surface area contributed by atoms with E-state index in [0.717, 1.165) is 0 Å². The maximum absolute atomic E-state index is 5.37. The molecule has 0 heterocycles. The molecule has 44 valence electrons. The molecule has 3 nitrogen and oxygen atoms in total. The quantitative estimate of drug-likeness (QED) is 0.396. The normalized spacial score (nSPS) is 12.9. The van der Waals surface area contributed by atoms with Gasteiger partial charge >= 0.3 is 0 Å². The van der Waals surface area contributed by atoms with Crippen molar-refractivity contribution in [1.82, 2.24) is 0 Å². The molecule has 0 saturated carbocycles. The first kappa shape index (κ1) is 7.10. The second-order valence-corrected chi connectivity index (χ2v) is 5.31. The lowest BCUT2D eigenvalue weighted by atomic mass is 10.6. The Kier molecular flexibility index (Phi) is 1.94. The van der Waals surface area contributed by atoms with Crippen LogP contribution >= 0.6 is 0 Å². The van der Waals surface area contributed by atoms with Gasteiger partial charge in [-0.25, -0.2) is 0 Å². The zero-order valence-corrected chi connectivity index (χ0v) is 5.81. The zero-order valence-electron chi connectivity index (χ0n) is 4.81. The average molecular weight is 119 g/mol. The van der Waals surface area contributed by atoms with Crippen LogP contribution in [0.5, 0.6) is 0 Å². The van der Waals surface area contributed by atoms with Crippen LogP contribution in [0.25, 0.3) is 0 Å². The second-order valence-electron chi connectivity index (χ2n) is 2.15. The summed E-state index contributed by atoms with van der Waals surface area (Å²) in [5.74, 6) is 0. The molecule has 0 aliphatic rings. The molecule has 0 unspecified atom stereocenters. The highest BCUT2D eigenvalue weighted by Gasteiger charge is 2.21. The van der Waals surface area contributed by atoms with Crippen molar-refractivity contribution in [2.45, 2.75) is 19.4 Å². The van der Waals surface area contributed by atoms with E-state index < -0.39 is 8.56 Å². The molecule has 0 aromatic heterocycles. The van der Waals surface area contributed by atoms with Gasteiger partial charge in [-0.15, -0.1) is 0 Å². The van der Waals surface area contributed by atoms with Crippen molar-refractivity contribution in [3.05, 3.63) is 0 Å². The molecule has 0 spiro atoms. The van der Waals surface area contributed by atoms with Gasteiger partial charge < -0.3 is 16.2 Å². The fourth-order valence-electron chi connectivity index (χ4n) is 0. The highest BCUT2D eigenvalue weighted by molar-refractivity contribution is 6.71. The summed E-state index contributed by atoms with van der Waals surface area (Å²) in [7, 11) is -2.23. The van der Waals surface area contributed by atoms with Gasteiger partial charge in [0.05, 0.1) is 0 Å². The highest BCUT2D eigenvalue weighted by atomic mass is 28.4. The summed E-state index contributed by atoms with van der Waals surface area (Å²) < 4.78 is 0. The molecule has 0 bridgehead atoms. The Bertz CT molecular complexity index is 55.7. The molecule has 7 heavy (non-hydrogen) atoms. The standard InChI is InChI=1S/C3H13N3Si/c1-3(2)7(4,5)6/h3H,4-6H2,1-2H3. The monoisotopic (exact) mass is 119 g/mol. The number of rotatable bonds is 1. The first-order chi connectivity index (χ1) is 2.94. The Hall–Kier alpha value is 0.0969. The number of hydrogen-bond acceptors (Lipinski definition) is 3. The van der Waals surface area contributed by atoms with Crippen molar-refractivity contribution in [3.63, 3.8) is 0 Å². The molecule has 0 rings (SSSR count). The van der Waals surface area contributed by atoms with Gasteiger partial charge in [0.25, 0.3) is 8.56 Å². The summed E-state index contributed by atoms with van der Waals surface area (Å²) >= 11 is 0. The largest absolute Gasteiger partial charge is 0.327 e. The molecule has 0 amide bonds. The van der Waals surface area contributed by atoms with Crippen LogP contribution in [0.15, 0.2) is 0 Å². The van der Waals surface area contributed by atoms with Crippen LogP contribution in [0.3, 0.4) is 0 Å². The van der Waals surface area contributed by atoms with E-state index in [9.17, 15) is 0 Å². The minimum atomic E-state index is -2.23. The molecule has 0 aromatic carbocycles. The maximum Gasteiger partial charge on any atom is 0.275 e.